The number of pyridine rings is 1. The Labute approximate surface area is 129 Å². The topological polar surface area (TPSA) is 74.3 Å². The Balaban J connectivity index is 2.49. The van der Waals surface area contributed by atoms with Crippen LogP contribution in [0.1, 0.15) is 19.8 Å². The molecule has 114 valence electrons. The van der Waals surface area contributed by atoms with Crippen molar-refractivity contribution in [3.8, 4) is 0 Å². The number of halogens is 1. The molecule has 1 aromatic heterocycles. The maximum absolute atomic E-state index is 12.1. The van der Waals surface area contributed by atoms with Crippen molar-refractivity contribution in [3.05, 3.63) is 22.8 Å². The average Bonchev–Trinajstić information content (AvgIpc) is 2.40. The molecule has 0 amide bonds. The Morgan fingerprint density at radius 2 is 2.15 bits per heavy atom. The summed E-state index contributed by atoms with van der Waals surface area (Å²) in [5.74, 6) is 0.295. The fraction of sp³-hybridized carbons (Fsp3) is 0.583. The van der Waals surface area contributed by atoms with Gasteiger partial charge in [-0.2, -0.15) is 12.7 Å². The van der Waals surface area contributed by atoms with E-state index >= 15 is 0 Å². The van der Waals surface area contributed by atoms with Crippen LogP contribution in [0.15, 0.2) is 22.8 Å². The maximum Gasteiger partial charge on any atom is 0.302 e. The van der Waals surface area contributed by atoms with E-state index in [9.17, 15) is 8.42 Å². The predicted molar refractivity (Wildman–Crippen MR) is 84.9 cm³/mol. The Bertz CT molecular complexity index is 510. The molecule has 0 spiro atoms. The molecule has 0 saturated carbocycles. The van der Waals surface area contributed by atoms with Crippen molar-refractivity contribution in [1.82, 2.24) is 14.6 Å². The molecule has 0 unspecified atom stereocenters. The fourth-order valence-electron chi connectivity index (χ4n) is 1.51. The third-order valence-electron chi connectivity index (χ3n) is 2.65. The second-order valence-electron chi connectivity index (χ2n) is 4.37. The van der Waals surface area contributed by atoms with Crippen molar-refractivity contribution in [2.45, 2.75) is 19.8 Å². The van der Waals surface area contributed by atoms with Gasteiger partial charge in [0, 0.05) is 19.8 Å². The molecule has 1 heterocycles. The van der Waals surface area contributed by atoms with Crippen LogP contribution in [0.2, 0.25) is 0 Å². The molecule has 0 aliphatic rings. The standard InChI is InChI=1S/C12H21BrN4O2S/c1-3-7-14-8-5-10-17(2)20(18,19)16-12-11(13)6-4-9-15-12/h4,6,9,14H,3,5,7-8,10H2,1-2H3,(H,15,16). The van der Waals surface area contributed by atoms with Crippen LogP contribution in [0.25, 0.3) is 0 Å². The normalized spacial score (nSPS) is 11.8. The zero-order chi connectivity index (χ0) is 15.0. The Hall–Kier alpha value is -0.700. The molecule has 0 aromatic carbocycles. The predicted octanol–water partition coefficient (Wildman–Crippen LogP) is 1.82. The molecule has 0 bridgehead atoms. The van der Waals surface area contributed by atoms with Crippen LogP contribution in [-0.4, -0.2) is 44.4 Å². The minimum absolute atomic E-state index is 0.295. The minimum atomic E-state index is -3.57. The first-order valence-electron chi connectivity index (χ1n) is 6.52. The molecule has 0 saturated heterocycles. The number of hydrogen-bond acceptors (Lipinski definition) is 4. The van der Waals surface area contributed by atoms with E-state index in [1.807, 2.05) is 0 Å². The quantitative estimate of drug-likeness (QED) is 0.655. The number of nitrogens with zero attached hydrogens (tertiary/aromatic N) is 2. The van der Waals surface area contributed by atoms with Crippen LogP contribution in [0.3, 0.4) is 0 Å². The van der Waals surface area contributed by atoms with E-state index in [0.29, 0.717) is 16.8 Å². The molecule has 2 N–H and O–H groups in total. The van der Waals surface area contributed by atoms with Crippen LogP contribution in [0.4, 0.5) is 5.82 Å². The Morgan fingerprint density at radius 1 is 1.40 bits per heavy atom. The zero-order valence-electron chi connectivity index (χ0n) is 11.8. The van der Waals surface area contributed by atoms with Crippen molar-refractivity contribution >= 4 is 32.0 Å². The lowest BCUT2D eigenvalue weighted by Crippen LogP contribution is -2.34. The lowest BCUT2D eigenvalue weighted by molar-refractivity contribution is 0.458. The van der Waals surface area contributed by atoms with E-state index in [2.05, 4.69) is 37.9 Å². The highest BCUT2D eigenvalue weighted by atomic mass is 79.9. The second kappa shape index (κ2) is 8.56. The van der Waals surface area contributed by atoms with Crippen LogP contribution in [0.5, 0.6) is 0 Å². The van der Waals surface area contributed by atoms with E-state index < -0.39 is 10.2 Å². The molecule has 0 fully saturated rings. The molecular formula is C12H21BrN4O2S. The summed E-state index contributed by atoms with van der Waals surface area (Å²) in [6.07, 6.45) is 3.38. The van der Waals surface area contributed by atoms with Crippen LogP contribution < -0.4 is 10.0 Å². The number of hydrogen-bond donors (Lipinski definition) is 2. The monoisotopic (exact) mass is 364 g/mol. The molecule has 6 nitrogen and oxygen atoms in total. The number of anilines is 1. The molecule has 20 heavy (non-hydrogen) atoms. The van der Waals surface area contributed by atoms with Gasteiger partial charge in [0.1, 0.15) is 0 Å². The van der Waals surface area contributed by atoms with Gasteiger partial charge < -0.3 is 5.32 Å². The van der Waals surface area contributed by atoms with Crippen molar-refractivity contribution < 1.29 is 8.42 Å². The van der Waals surface area contributed by atoms with E-state index in [0.717, 1.165) is 25.9 Å². The summed E-state index contributed by atoms with van der Waals surface area (Å²) >= 11 is 3.26. The summed E-state index contributed by atoms with van der Waals surface area (Å²) in [7, 11) is -2.01. The molecule has 0 aliphatic carbocycles. The summed E-state index contributed by atoms with van der Waals surface area (Å²) in [5, 5.41) is 3.24. The summed E-state index contributed by atoms with van der Waals surface area (Å²) in [5.41, 5.74) is 0. The van der Waals surface area contributed by atoms with Crippen molar-refractivity contribution in [3.63, 3.8) is 0 Å². The first-order chi connectivity index (χ1) is 9.47. The van der Waals surface area contributed by atoms with Gasteiger partial charge in [-0.3, -0.25) is 4.72 Å². The number of aromatic nitrogens is 1. The summed E-state index contributed by atoms with van der Waals surface area (Å²) in [6, 6.07) is 3.46. The number of nitrogens with one attached hydrogen (secondary N) is 2. The van der Waals surface area contributed by atoms with Gasteiger partial charge in [0.05, 0.1) is 4.47 Å². The highest BCUT2D eigenvalue weighted by molar-refractivity contribution is 9.10. The molecule has 0 atom stereocenters. The van der Waals surface area contributed by atoms with Crippen molar-refractivity contribution in [2.24, 2.45) is 0 Å². The first kappa shape index (κ1) is 17.4. The number of rotatable bonds is 9. The average molecular weight is 365 g/mol. The summed E-state index contributed by atoms with van der Waals surface area (Å²) < 4.78 is 28.6. The molecule has 8 heteroatoms. The van der Waals surface area contributed by atoms with Gasteiger partial charge in [-0.1, -0.05) is 6.92 Å². The molecular weight excluding hydrogens is 344 g/mol. The van der Waals surface area contributed by atoms with Gasteiger partial charge in [-0.15, -0.1) is 0 Å². The minimum Gasteiger partial charge on any atom is -0.317 e. The lowest BCUT2D eigenvalue weighted by Gasteiger charge is -2.18. The van der Waals surface area contributed by atoms with Gasteiger partial charge in [0.25, 0.3) is 0 Å². The zero-order valence-corrected chi connectivity index (χ0v) is 14.2. The van der Waals surface area contributed by atoms with Crippen molar-refractivity contribution in [2.75, 3.05) is 31.4 Å². The highest BCUT2D eigenvalue weighted by Gasteiger charge is 2.18. The van der Waals surface area contributed by atoms with Crippen LogP contribution >= 0.6 is 15.9 Å². The molecule has 0 aliphatic heterocycles. The van der Waals surface area contributed by atoms with Gasteiger partial charge in [-0.05, 0) is 54.0 Å². The molecule has 1 aromatic rings. The van der Waals surface area contributed by atoms with Gasteiger partial charge in [-0.25, -0.2) is 4.98 Å². The van der Waals surface area contributed by atoms with Crippen molar-refractivity contribution in [1.29, 1.82) is 0 Å². The van der Waals surface area contributed by atoms with Gasteiger partial charge in [0.15, 0.2) is 5.82 Å². The third kappa shape index (κ3) is 5.74. The fourth-order valence-corrected chi connectivity index (χ4v) is 2.93. The Morgan fingerprint density at radius 3 is 2.80 bits per heavy atom. The Kier molecular flexibility index (Phi) is 7.42. The maximum atomic E-state index is 12.1. The van der Waals surface area contributed by atoms with Gasteiger partial charge >= 0.3 is 10.2 Å². The first-order valence-corrected chi connectivity index (χ1v) is 8.76. The summed E-state index contributed by atoms with van der Waals surface area (Å²) in [4.78, 5) is 3.99. The van der Waals surface area contributed by atoms with E-state index in [1.165, 1.54) is 10.5 Å². The van der Waals surface area contributed by atoms with E-state index in [4.69, 9.17) is 0 Å². The highest BCUT2D eigenvalue weighted by Crippen LogP contribution is 2.20. The second-order valence-corrected chi connectivity index (χ2v) is 7.00. The summed E-state index contributed by atoms with van der Waals surface area (Å²) in [6.45, 7) is 4.31. The van der Waals surface area contributed by atoms with E-state index in [-0.39, 0.29) is 0 Å². The lowest BCUT2D eigenvalue weighted by atomic mass is 10.4. The van der Waals surface area contributed by atoms with Gasteiger partial charge in [0.2, 0.25) is 0 Å². The molecule has 1 rings (SSSR count). The van der Waals surface area contributed by atoms with Crippen LogP contribution in [-0.2, 0) is 10.2 Å². The largest absolute Gasteiger partial charge is 0.317 e. The van der Waals surface area contributed by atoms with Crippen LogP contribution in [0, 0.1) is 0 Å². The van der Waals surface area contributed by atoms with E-state index in [1.54, 1.807) is 19.2 Å². The molecule has 0 radical (unpaired) electrons. The SMILES string of the molecule is CCCNCCCN(C)S(=O)(=O)Nc1ncccc1Br. The third-order valence-corrected chi connectivity index (χ3v) is 4.74. The smallest absolute Gasteiger partial charge is 0.302 e.